The Labute approximate surface area is 164 Å². The summed E-state index contributed by atoms with van der Waals surface area (Å²) in [5.41, 5.74) is 0. The van der Waals surface area contributed by atoms with Gasteiger partial charge in [0.2, 0.25) is 0 Å². The summed E-state index contributed by atoms with van der Waals surface area (Å²) in [6.07, 6.45) is 4.10. The molecule has 1 aromatic carbocycles. The average Bonchev–Trinajstić information content (AvgIpc) is 3.29. The first-order valence-corrected chi connectivity index (χ1v) is 9.88. The highest BCUT2D eigenvalue weighted by Gasteiger charge is 2.27. The average molecular weight is 405 g/mol. The fraction of sp³-hybridized carbons (Fsp3) is 0.444. The second-order valence-corrected chi connectivity index (χ2v) is 8.00. The second kappa shape index (κ2) is 7.70. The van der Waals surface area contributed by atoms with Crippen LogP contribution in [0.15, 0.2) is 12.1 Å². The van der Waals surface area contributed by atoms with Crippen molar-refractivity contribution in [3.05, 3.63) is 22.8 Å². The zero-order chi connectivity index (χ0) is 19.7. The van der Waals surface area contributed by atoms with E-state index in [0.29, 0.717) is 26.6 Å². The summed E-state index contributed by atoms with van der Waals surface area (Å²) in [5.74, 6) is 0.256. The van der Waals surface area contributed by atoms with Crippen LogP contribution >= 0.6 is 11.3 Å². The smallest absolute Gasteiger partial charge is 0.272 e. The molecule has 8 nitrogen and oxygen atoms in total. The van der Waals surface area contributed by atoms with Crippen molar-refractivity contribution >= 4 is 33.3 Å². The molecule has 1 amide bonds. The molecule has 0 saturated heterocycles. The van der Waals surface area contributed by atoms with Crippen LogP contribution in [0, 0.1) is 11.7 Å². The highest BCUT2D eigenvalue weighted by molar-refractivity contribution is 7.21. The molecule has 1 fully saturated rings. The summed E-state index contributed by atoms with van der Waals surface area (Å²) in [6.45, 7) is 2.20. The van der Waals surface area contributed by atoms with Crippen molar-refractivity contribution < 1.29 is 18.7 Å². The Morgan fingerprint density at radius 1 is 1.39 bits per heavy atom. The van der Waals surface area contributed by atoms with Gasteiger partial charge in [0.1, 0.15) is 4.88 Å². The maximum atomic E-state index is 14.2. The number of benzene rings is 1. The number of aromatic amines is 1. The quantitative estimate of drug-likeness (QED) is 0.670. The van der Waals surface area contributed by atoms with E-state index in [9.17, 15) is 9.18 Å². The fourth-order valence-corrected chi connectivity index (χ4v) is 4.56. The first-order chi connectivity index (χ1) is 13.5. The molecule has 0 spiro atoms. The Bertz CT molecular complexity index is 991. The molecule has 1 aliphatic rings. The van der Waals surface area contributed by atoms with Crippen molar-refractivity contribution in [3.63, 3.8) is 0 Å². The number of halogens is 1. The molecule has 10 heteroatoms. The van der Waals surface area contributed by atoms with Crippen LogP contribution in [0.4, 0.5) is 10.3 Å². The van der Waals surface area contributed by atoms with Crippen molar-refractivity contribution in [2.24, 2.45) is 5.92 Å². The fourth-order valence-electron chi connectivity index (χ4n) is 3.52. The Balaban J connectivity index is 1.74. The SMILES string of the molecule is COc1cc2c(O[C@H]3CCC[C@@H](C)C3)c(C(=O)Nc3nn[nH]n3)sc2cc1F. The minimum Gasteiger partial charge on any atom is -0.494 e. The van der Waals surface area contributed by atoms with E-state index < -0.39 is 11.7 Å². The minimum atomic E-state index is -0.487. The van der Waals surface area contributed by atoms with Gasteiger partial charge in [-0.05, 0) is 42.5 Å². The van der Waals surface area contributed by atoms with E-state index >= 15 is 0 Å². The van der Waals surface area contributed by atoms with E-state index in [2.05, 4.69) is 32.9 Å². The number of carbonyl (C=O) groups is 1. The van der Waals surface area contributed by atoms with Gasteiger partial charge in [-0.15, -0.1) is 16.4 Å². The van der Waals surface area contributed by atoms with Crippen molar-refractivity contribution in [2.45, 2.75) is 38.7 Å². The van der Waals surface area contributed by atoms with Gasteiger partial charge in [-0.3, -0.25) is 10.1 Å². The highest BCUT2D eigenvalue weighted by atomic mass is 32.1. The number of anilines is 1. The Morgan fingerprint density at radius 2 is 2.25 bits per heavy atom. The van der Waals surface area contributed by atoms with Gasteiger partial charge in [-0.2, -0.15) is 5.21 Å². The van der Waals surface area contributed by atoms with E-state index in [1.165, 1.54) is 19.6 Å². The number of nitrogens with zero attached hydrogens (tertiary/aromatic N) is 3. The number of H-pyrrole nitrogens is 1. The molecule has 2 atom stereocenters. The number of rotatable bonds is 5. The standard InChI is InChI=1S/C18H20FN5O3S/c1-9-4-3-5-10(6-9)27-15-11-7-13(26-2)12(19)8-14(11)28-16(15)17(25)20-18-21-23-24-22-18/h7-10H,3-6H2,1-2H3,(H2,20,21,22,23,24,25)/t9-,10+/m1/s1. The molecule has 0 radical (unpaired) electrons. The summed E-state index contributed by atoms with van der Waals surface area (Å²) in [4.78, 5) is 13.2. The normalized spacial score (nSPS) is 19.5. The summed E-state index contributed by atoms with van der Waals surface area (Å²) in [7, 11) is 1.41. The van der Waals surface area contributed by atoms with Crippen LogP contribution < -0.4 is 14.8 Å². The van der Waals surface area contributed by atoms with Crippen LogP contribution in [0.3, 0.4) is 0 Å². The van der Waals surface area contributed by atoms with E-state index in [1.807, 2.05) is 0 Å². The number of tetrazole rings is 1. The van der Waals surface area contributed by atoms with Crippen molar-refractivity contribution in [1.82, 2.24) is 20.6 Å². The van der Waals surface area contributed by atoms with Gasteiger partial charge in [0.25, 0.3) is 11.9 Å². The molecule has 2 heterocycles. The molecule has 3 aromatic rings. The number of aromatic nitrogens is 4. The number of hydrogen-bond acceptors (Lipinski definition) is 7. The van der Waals surface area contributed by atoms with Gasteiger partial charge in [-0.25, -0.2) is 4.39 Å². The predicted octanol–water partition coefficient (Wildman–Crippen LogP) is 3.77. The molecule has 2 aromatic heterocycles. The number of amides is 1. The lowest BCUT2D eigenvalue weighted by atomic mass is 9.88. The van der Waals surface area contributed by atoms with Gasteiger partial charge in [0, 0.05) is 10.1 Å². The summed E-state index contributed by atoms with van der Waals surface area (Å²) in [5, 5.41) is 16.4. The number of thiophene rings is 1. The van der Waals surface area contributed by atoms with E-state index in [0.717, 1.165) is 30.6 Å². The maximum Gasteiger partial charge on any atom is 0.272 e. The summed E-state index contributed by atoms with van der Waals surface area (Å²) >= 11 is 1.16. The van der Waals surface area contributed by atoms with Gasteiger partial charge in [0.15, 0.2) is 17.3 Å². The van der Waals surface area contributed by atoms with Crippen LogP contribution in [-0.4, -0.2) is 39.7 Å². The zero-order valence-electron chi connectivity index (χ0n) is 15.5. The lowest BCUT2D eigenvalue weighted by Gasteiger charge is -2.27. The lowest BCUT2D eigenvalue weighted by molar-refractivity contribution is 0.101. The molecule has 4 rings (SSSR count). The van der Waals surface area contributed by atoms with E-state index in [1.54, 1.807) is 6.07 Å². The van der Waals surface area contributed by atoms with Crippen molar-refractivity contribution in [3.8, 4) is 11.5 Å². The largest absolute Gasteiger partial charge is 0.494 e. The van der Waals surface area contributed by atoms with Crippen molar-refractivity contribution in [1.29, 1.82) is 0 Å². The molecule has 0 aliphatic heterocycles. The molecule has 0 unspecified atom stereocenters. The molecule has 28 heavy (non-hydrogen) atoms. The van der Waals surface area contributed by atoms with Crippen LogP contribution in [0.1, 0.15) is 42.3 Å². The summed E-state index contributed by atoms with van der Waals surface area (Å²) in [6, 6.07) is 2.94. The minimum absolute atomic E-state index is 0.00863. The first kappa shape index (κ1) is 18.6. The lowest BCUT2D eigenvalue weighted by Crippen LogP contribution is -2.25. The van der Waals surface area contributed by atoms with Crippen LogP contribution in [0.2, 0.25) is 0 Å². The molecule has 1 aliphatic carbocycles. The van der Waals surface area contributed by atoms with Gasteiger partial charge < -0.3 is 9.47 Å². The Morgan fingerprint density at radius 3 is 2.96 bits per heavy atom. The van der Waals surface area contributed by atoms with Gasteiger partial charge in [0.05, 0.1) is 13.2 Å². The molecule has 148 valence electrons. The Kier molecular flexibility index (Phi) is 5.12. The molecular weight excluding hydrogens is 385 g/mol. The third-order valence-corrected chi connectivity index (χ3v) is 6.00. The third kappa shape index (κ3) is 3.64. The topological polar surface area (TPSA) is 102 Å². The Hall–Kier alpha value is -2.75. The molecular formula is C18H20FN5O3S. The molecule has 2 N–H and O–H groups in total. The number of methoxy groups -OCH3 is 1. The predicted molar refractivity (Wildman–Crippen MR) is 103 cm³/mol. The number of ether oxygens (including phenoxy) is 2. The number of hydrogen-bond donors (Lipinski definition) is 2. The summed E-state index contributed by atoms with van der Waals surface area (Å²) < 4.78 is 26.2. The van der Waals surface area contributed by atoms with Crippen molar-refractivity contribution in [2.75, 3.05) is 12.4 Å². The maximum absolute atomic E-state index is 14.2. The first-order valence-electron chi connectivity index (χ1n) is 9.06. The van der Waals surface area contributed by atoms with E-state index in [4.69, 9.17) is 9.47 Å². The number of nitrogens with one attached hydrogen (secondary N) is 2. The zero-order valence-corrected chi connectivity index (χ0v) is 16.3. The van der Waals surface area contributed by atoms with Gasteiger partial charge in [-0.1, -0.05) is 18.4 Å². The van der Waals surface area contributed by atoms with Crippen LogP contribution in [0.25, 0.3) is 10.1 Å². The third-order valence-electron chi connectivity index (χ3n) is 4.87. The second-order valence-electron chi connectivity index (χ2n) is 6.94. The molecule has 0 bridgehead atoms. The van der Waals surface area contributed by atoms with E-state index in [-0.39, 0.29) is 17.8 Å². The number of carbonyl (C=O) groups excluding carboxylic acids is 1. The highest BCUT2D eigenvalue weighted by Crippen LogP contribution is 2.42. The van der Waals surface area contributed by atoms with Crippen LogP contribution in [0.5, 0.6) is 11.5 Å². The van der Waals surface area contributed by atoms with Gasteiger partial charge >= 0.3 is 0 Å². The van der Waals surface area contributed by atoms with Crippen LogP contribution in [-0.2, 0) is 0 Å². The monoisotopic (exact) mass is 405 g/mol. The number of fused-ring (bicyclic) bond motifs is 1. The molecule has 1 saturated carbocycles.